The van der Waals surface area contributed by atoms with Crippen molar-refractivity contribution >= 4 is 63.6 Å². The number of piperidine rings is 3. The molecule has 2 unspecified atom stereocenters. The number of amides is 5. The molecule has 5 aliphatic rings. The summed E-state index contributed by atoms with van der Waals surface area (Å²) in [7, 11) is 1.80. The van der Waals surface area contributed by atoms with Crippen molar-refractivity contribution in [3.63, 3.8) is 0 Å². The number of anilines is 4. The lowest BCUT2D eigenvalue weighted by molar-refractivity contribution is -0.136. The number of primary amides is 1. The number of hydrogen-bond donors (Lipinski definition) is 3. The maximum Gasteiger partial charge on any atom is 0.329 e. The average molecular weight is 852 g/mol. The summed E-state index contributed by atoms with van der Waals surface area (Å²) in [5, 5.41) is 5.55. The number of benzene rings is 3. The molecule has 4 N–H and O–H groups in total. The van der Waals surface area contributed by atoms with E-state index in [0.29, 0.717) is 24.0 Å². The molecule has 3 aromatic carbocycles. The number of para-hydroxylation sites is 2. The van der Waals surface area contributed by atoms with Gasteiger partial charge in [0, 0.05) is 57.1 Å². The first-order chi connectivity index (χ1) is 30.4. The fourth-order valence-corrected chi connectivity index (χ4v) is 10.2. The predicted molar refractivity (Wildman–Crippen MR) is 235 cm³/mol. The number of imide groups is 2. The molecular formula is C46H49N11O6. The van der Waals surface area contributed by atoms with Gasteiger partial charge in [0.2, 0.25) is 11.8 Å². The molecule has 0 bridgehead atoms. The van der Waals surface area contributed by atoms with Crippen LogP contribution in [0.15, 0.2) is 77.7 Å². The maximum atomic E-state index is 13.4. The van der Waals surface area contributed by atoms with Crippen molar-refractivity contribution in [2.24, 2.45) is 12.8 Å². The van der Waals surface area contributed by atoms with Gasteiger partial charge in [-0.05, 0) is 98.6 Å². The second-order valence-electron chi connectivity index (χ2n) is 17.8. The topological polar surface area (TPSA) is 201 Å². The average Bonchev–Trinajstić information content (AvgIpc) is 3.67. The number of aromatic nitrogens is 4. The largest absolute Gasteiger partial charge is 0.368 e. The lowest BCUT2D eigenvalue weighted by Gasteiger charge is -2.50. The van der Waals surface area contributed by atoms with Crippen LogP contribution in [0.2, 0.25) is 0 Å². The molecule has 17 heteroatoms. The van der Waals surface area contributed by atoms with Crippen LogP contribution in [0.1, 0.15) is 88.3 Å². The number of nitrogens with zero attached hydrogens (tertiary/aromatic N) is 8. The molecule has 0 spiro atoms. The van der Waals surface area contributed by atoms with Crippen molar-refractivity contribution in [2.75, 3.05) is 54.4 Å². The SMILES string of the molecule is Cn1c(=O)n(C2CCCN(c3cnc(C(N)=O)c(Nc4ccc(C5(C)CCN(C6CN(c7ccc8c(c7)C(=O)N(C7CCC(=O)NC7=O)C8=O)C6)CC5)cc4)n3)C2)c2ccccc21. The lowest BCUT2D eigenvalue weighted by atomic mass is 9.74. The molecule has 4 fully saturated rings. The van der Waals surface area contributed by atoms with Gasteiger partial charge in [-0.2, -0.15) is 0 Å². The van der Waals surface area contributed by atoms with E-state index in [1.54, 1.807) is 29.9 Å². The summed E-state index contributed by atoms with van der Waals surface area (Å²) in [5.74, 6) is -1.82. The van der Waals surface area contributed by atoms with Gasteiger partial charge >= 0.3 is 5.69 Å². The van der Waals surface area contributed by atoms with Crippen LogP contribution in [-0.4, -0.2) is 110 Å². The highest BCUT2D eigenvalue weighted by molar-refractivity contribution is 6.23. The Labute approximate surface area is 362 Å². The number of likely N-dealkylation sites (tertiary alicyclic amines) is 1. The third kappa shape index (κ3) is 6.99. The van der Waals surface area contributed by atoms with Gasteiger partial charge in [-0.15, -0.1) is 0 Å². The zero-order valence-electron chi connectivity index (χ0n) is 35.3. The summed E-state index contributed by atoms with van der Waals surface area (Å²) in [5.41, 5.74) is 10.9. The standard InChI is InChI=1S/C46H49N11O6/c1-46(17-20-53(21-18-46)31-25-55(26-31)29-13-14-32-33(22-29)44(62)57(43(32)61)36-15-16-38(58)51-42(36)60)27-9-11-28(12-10-27)49-41-39(40(47)59)48-23-37(50-41)54-19-5-6-30(24-54)56-35-8-4-3-7-34(35)52(2)45(56)63/h3-4,7-14,22-23,30-31,36H,5-6,15-21,24-26H2,1-2H3,(H2,47,59)(H,49,50)(H,51,58,60). The molecule has 2 atom stereocenters. The quantitative estimate of drug-likeness (QED) is 0.183. The highest BCUT2D eigenvalue weighted by Crippen LogP contribution is 2.39. The van der Waals surface area contributed by atoms with Gasteiger partial charge in [0.25, 0.3) is 17.7 Å². The van der Waals surface area contributed by atoms with Crippen molar-refractivity contribution in [3.8, 4) is 0 Å². The van der Waals surface area contributed by atoms with Gasteiger partial charge in [0.1, 0.15) is 11.9 Å². The first kappa shape index (κ1) is 40.2. The minimum absolute atomic E-state index is 0.0330. The van der Waals surface area contributed by atoms with E-state index in [1.165, 1.54) is 5.56 Å². The van der Waals surface area contributed by atoms with Gasteiger partial charge in [0.15, 0.2) is 11.5 Å². The summed E-state index contributed by atoms with van der Waals surface area (Å²) >= 11 is 0. The van der Waals surface area contributed by atoms with Crippen LogP contribution in [0, 0.1) is 0 Å². The summed E-state index contributed by atoms with van der Waals surface area (Å²) < 4.78 is 3.57. The summed E-state index contributed by atoms with van der Waals surface area (Å²) in [6.45, 7) is 7.07. The minimum Gasteiger partial charge on any atom is -0.368 e. The van der Waals surface area contributed by atoms with Crippen LogP contribution < -0.4 is 31.9 Å². The predicted octanol–water partition coefficient (Wildman–Crippen LogP) is 3.46. The van der Waals surface area contributed by atoms with Crippen molar-refractivity contribution in [1.29, 1.82) is 0 Å². The molecule has 2 aromatic heterocycles. The Kier molecular flexibility index (Phi) is 9.88. The van der Waals surface area contributed by atoms with Crippen LogP contribution in [0.5, 0.6) is 0 Å². The highest BCUT2D eigenvalue weighted by atomic mass is 16.2. The van der Waals surface area contributed by atoms with E-state index >= 15 is 0 Å². The number of hydrogen-bond acceptors (Lipinski definition) is 12. The van der Waals surface area contributed by atoms with Crippen LogP contribution in [0.4, 0.5) is 23.0 Å². The van der Waals surface area contributed by atoms with E-state index < -0.39 is 35.6 Å². The zero-order valence-corrected chi connectivity index (χ0v) is 35.3. The summed E-state index contributed by atoms with van der Waals surface area (Å²) in [6, 6.07) is 20.7. The van der Waals surface area contributed by atoms with E-state index in [0.717, 1.165) is 85.7 Å². The molecule has 0 radical (unpaired) electrons. The minimum atomic E-state index is -0.988. The maximum absolute atomic E-state index is 13.4. The van der Waals surface area contributed by atoms with Gasteiger partial charge in [-0.3, -0.25) is 48.2 Å². The first-order valence-corrected chi connectivity index (χ1v) is 21.7. The van der Waals surface area contributed by atoms with Crippen molar-refractivity contribution in [1.82, 2.24) is 34.2 Å². The van der Waals surface area contributed by atoms with E-state index in [1.807, 2.05) is 47.0 Å². The number of carbonyl (C=O) groups is 5. The van der Waals surface area contributed by atoms with Gasteiger partial charge in [-0.1, -0.05) is 31.2 Å². The number of nitrogens with one attached hydrogen (secondary N) is 2. The Bertz CT molecular complexity index is 2770. The van der Waals surface area contributed by atoms with Crippen molar-refractivity contribution < 1.29 is 24.0 Å². The monoisotopic (exact) mass is 851 g/mol. The van der Waals surface area contributed by atoms with Crippen molar-refractivity contribution in [3.05, 3.63) is 106 Å². The normalized spacial score (nSPS) is 21.7. The van der Waals surface area contributed by atoms with Crippen LogP contribution in [-0.2, 0) is 22.1 Å². The molecule has 324 valence electrons. The van der Waals surface area contributed by atoms with Gasteiger partial charge in [-0.25, -0.2) is 14.8 Å². The Morgan fingerprint density at radius 3 is 2.29 bits per heavy atom. The molecule has 5 amide bonds. The first-order valence-electron chi connectivity index (χ1n) is 21.7. The molecule has 4 saturated heterocycles. The van der Waals surface area contributed by atoms with Crippen LogP contribution in [0.3, 0.4) is 0 Å². The molecule has 10 rings (SSSR count). The molecule has 5 aliphatic heterocycles. The van der Waals surface area contributed by atoms with E-state index in [4.69, 9.17) is 10.7 Å². The Hall–Kier alpha value is -6.88. The fourth-order valence-electron chi connectivity index (χ4n) is 10.2. The number of imidazole rings is 1. The van der Waals surface area contributed by atoms with Crippen molar-refractivity contribution in [2.45, 2.75) is 69.0 Å². The third-order valence-corrected chi connectivity index (χ3v) is 14.0. The summed E-state index contributed by atoms with van der Waals surface area (Å²) in [6.07, 6.45) is 5.45. The molecule has 0 saturated carbocycles. The fraction of sp³-hybridized carbons (Fsp3) is 0.391. The van der Waals surface area contributed by atoms with E-state index in [9.17, 15) is 28.8 Å². The molecule has 17 nitrogen and oxygen atoms in total. The number of aryl methyl sites for hydroxylation is 1. The van der Waals surface area contributed by atoms with Gasteiger partial charge < -0.3 is 20.9 Å². The summed E-state index contributed by atoms with van der Waals surface area (Å²) in [4.78, 5) is 93.7. The number of carbonyl (C=O) groups excluding carboxylic acids is 5. The van der Waals surface area contributed by atoms with Gasteiger partial charge in [0.05, 0.1) is 34.4 Å². The highest BCUT2D eigenvalue weighted by Gasteiger charge is 2.45. The number of rotatable bonds is 9. The lowest BCUT2D eigenvalue weighted by Crippen LogP contribution is -2.61. The molecular weight excluding hydrogens is 803 g/mol. The Morgan fingerprint density at radius 2 is 1.56 bits per heavy atom. The van der Waals surface area contributed by atoms with Crippen LogP contribution >= 0.6 is 0 Å². The number of fused-ring (bicyclic) bond motifs is 2. The molecule has 5 aromatic rings. The smallest absolute Gasteiger partial charge is 0.329 e. The van der Waals surface area contributed by atoms with E-state index in [-0.39, 0.29) is 47.1 Å². The Balaban J connectivity index is 0.761. The molecule has 63 heavy (non-hydrogen) atoms. The third-order valence-electron chi connectivity index (χ3n) is 14.0. The van der Waals surface area contributed by atoms with Crippen LogP contribution in [0.25, 0.3) is 11.0 Å². The molecule has 7 heterocycles. The zero-order chi connectivity index (χ0) is 43.7. The van der Waals surface area contributed by atoms with E-state index in [2.05, 4.69) is 49.4 Å². The molecule has 0 aliphatic carbocycles. The number of nitrogens with two attached hydrogens (primary N) is 1. The Morgan fingerprint density at radius 1 is 0.841 bits per heavy atom. The second kappa shape index (κ2) is 15.5. The second-order valence-corrected chi connectivity index (χ2v) is 17.8.